The van der Waals surface area contributed by atoms with E-state index in [9.17, 15) is 3.89 Å². The molecule has 0 fully saturated rings. The predicted octanol–water partition coefficient (Wildman–Crippen LogP) is 1.60. The third-order valence-corrected chi connectivity index (χ3v) is 0.588. The minimum absolute atomic E-state index is 0.163. The second-order valence-electron chi connectivity index (χ2n) is 0.720. The Morgan fingerprint density at radius 3 is 2.67 bits per heavy atom. The number of hydrogen-bond acceptors (Lipinski definition) is 2. The Morgan fingerprint density at radius 2 is 2.50 bits per heavy atom. The summed E-state index contributed by atoms with van der Waals surface area (Å²) in [6.45, 7) is 2.42. The first kappa shape index (κ1) is 6.24. The first-order chi connectivity index (χ1) is 2.91. The summed E-state index contributed by atoms with van der Waals surface area (Å²) in [7, 11) is 0. The number of rotatable bonds is 3. The third-order valence-electron chi connectivity index (χ3n) is 0.332. The molecule has 0 heterocycles. The average Bonchev–Trinajstić information content (AvgIpc) is 1.61. The van der Waals surface area contributed by atoms with Crippen LogP contribution in [0.2, 0.25) is 0 Å². The van der Waals surface area contributed by atoms with Gasteiger partial charge >= 0.3 is 0 Å². The Morgan fingerprint density at radius 1 is 1.83 bits per heavy atom. The average molecular weight is 110 g/mol. The van der Waals surface area contributed by atoms with Crippen LogP contribution < -0.4 is 0 Å². The van der Waals surface area contributed by atoms with Crippen LogP contribution in [0.5, 0.6) is 0 Å². The standard InChI is InChI=1S/C3H7FOS/c1-2-5-3-6-4/h2-3H2,1H3. The molecule has 0 aliphatic heterocycles. The lowest BCUT2D eigenvalue weighted by Crippen LogP contribution is -1.83. The molecule has 0 saturated carbocycles. The van der Waals surface area contributed by atoms with Gasteiger partial charge in [-0.3, -0.25) is 0 Å². The lowest BCUT2D eigenvalue weighted by molar-refractivity contribution is 0.197. The van der Waals surface area contributed by atoms with Gasteiger partial charge in [-0.2, -0.15) is 3.89 Å². The molecule has 0 radical (unpaired) electrons. The zero-order valence-electron chi connectivity index (χ0n) is 3.61. The lowest BCUT2D eigenvalue weighted by atomic mass is 10.9. The van der Waals surface area contributed by atoms with Crippen LogP contribution in [0.3, 0.4) is 0 Å². The van der Waals surface area contributed by atoms with Crippen LogP contribution in [-0.4, -0.2) is 12.5 Å². The van der Waals surface area contributed by atoms with Gasteiger partial charge in [-0.25, -0.2) is 0 Å². The molecular weight excluding hydrogens is 103 g/mol. The monoisotopic (exact) mass is 110 g/mol. The fraction of sp³-hybridized carbons (Fsp3) is 1.00. The smallest absolute Gasteiger partial charge is 0.123 e. The third kappa shape index (κ3) is 4.24. The molecule has 0 spiro atoms. The molecule has 0 bridgehead atoms. The van der Waals surface area contributed by atoms with E-state index in [0.717, 1.165) is 0 Å². The predicted molar refractivity (Wildman–Crippen MR) is 25.2 cm³/mol. The Kier molecular flexibility index (Phi) is 5.45. The van der Waals surface area contributed by atoms with Crippen molar-refractivity contribution in [1.82, 2.24) is 0 Å². The summed E-state index contributed by atoms with van der Waals surface area (Å²) in [6.07, 6.45) is 0. The van der Waals surface area contributed by atoms with Crippen molar-refractivity contribution in [3.63, 3.8) is 0 Å². The van der Waals surface area contributed by atoms with Gasteiger partial charge in [0.1, 0.15) is 5.94 Å². The second kappa shape index (κ2) is 5.24. The van der Waals surface area contributed by atoms with E-state index in [1.165, 1.54) is 0 Å². The van der Waals surface area contributed by atoms with Gasteiger partial charge in [0.15, 0.2) is 0 Å². The summed E-state index contributed by atoms with van der Waals surface area (Å²) in [5, 5.41) is 0. The largest absolute Gasteiger partial charge is 0.368 e. The molecule has 0 aliphatic carbocycles. The molecule has 0 aromatic carbocycles. The summed E-state index contributed by atoms with van der Waals surface area (Å²) < 4.78 is 15.5. The van der Waals surface area contributed by atoms with Crippen LogP contribution in [0.25, 0.3) is 0 Å². The van der Waals surface area contributed by atoms with E-state index < -0.39 is 0 Å². The Balaban J connectivity index is 2.34. The maximum absolute atomic E-state index is 11.0. The Labute approximate surface area is 41.2 Å². The molecular formula is C3H7FOS. The van der Waals surface area contributed by atoms with Crippen LogP contribution in [0.15, 0.2) is 0 Å². The second-order valence-corrected chi connectivity index (χ2v) is 1.17. The van der Waals surface area contributed by atoms with Crippen molar-refractivity contribution in [3.8, 4) is 0 Å². The maximum Gasteiger partial charge on any atom is 0.123 e. The summed E-state index contributed by atoms with van der Waals surface area (Å²) in [4.78, 5) is 0. The molecule has 0 amide bonds. The van der Waals surface area contributed by atoms with Crippen LogP contribution in [0, 0.1) is 0 Å². The number of ether oxygens (including phenoxy) is 1. The highest BCUT2D eigenvalue weighted by atomic mass is 32.2. The molecule has 3 heteroatoms. The first-order valence-electron chi connectivity index (χ1n) is 1.73. The van der Waals surface area contributed by atoms with Crippen molar-refractivity contribution >= 4 is 12.1 Å². The molecule has 0 saturated heterocycles. The van der Waals surface area contributed by atoms with E-state index in [-0.39, 0.29) is 18.1 Å². The number of hydrogen-bond donors (Lipinski definition) is 0. The molecule has 0 aromatic heterocycles. The highest BCUT2D eigenvalue weighted by Crippen LogP contribution is 1.97. The van der Waals surface area contributed by atoms with Crippen molar-refractivity contribution in [3.05, 3.63) is 0 Å². The molecule has 0 aliphatic rings. The Bertz CT molecular complexity index is 22.8. The molecule has 0 aromatic rings. The quantitative estimate of drug-likeness (QED) is 0.403. The lowest BCUT2D eigenvalue weighted by Gasteiger charge is -1.88. The Hall–Kier alpha value is 0.240. The minimum atomic E-state index is 0.163. The molecule has 0 unspecified atom stereocenters. The zero-order valence-corrected chi connectivity index (χ0v) is 4.43. The van der Waals surface area contributed by atoms with Gasteiger partial charge in [0.05, 0.1) is 12.1 Å². The first-order valence-corrected chi connectivity index (χ1v) is 2.61. The summed E-state index contributed by atoms with van der Waals surface area (Å²) in [6, 6.07) is 0. The van der Waals surface area contributed by atoms with Crippen molar-refractivity contribution in [1.29, 1.82) is 0 Å². The summed E-state index contributed by atoms with van der Waals surface area (Å²) >= 11 is 0.204. The molecule has 0 atom stereocenters. The van der Waals surface area contributed by atoms with E-state index in [4.69, 9.17) is 0 Å². The molecule has 6 heavy (non-hydrogen) atoms. The van der Waals surface area contributed by atoms with Crippen molar-refractivity contribution in [2.75, 3.05) is 12.5 Å². The van der Waals surface area contributed by atoms with Gasteiger partial charge in [0.25, 0.3) is 0 Å². The fourth-order valence-corrected chi connectivity index (χ4v) is 0.344. The van der Waals surface area contributed by atoms with Gasteiger partial charge in [0, 0.05) is 6.61 Å². The van der Waals surface area contributed by atoms with Gasteiger partial charge in [-0.15, -0.1) is 0 Å². The molecule has 0 rings (SSSR count). The van der Waals surface area contributed by atoms with Gasteiger partial charge < -0.3 is 4.74 Å². The molecule has 1 nitrogen and oxygen atoms in total. The maximum atomic E-state index is 11.0. The van der Waals surface area contributed by atoms with Crippen molar-refractivity contribution < 1.29 is 8.62 Å². The fourth-order valence-electron chi connectivity index (χ4n) is 0.115. The van der Waals surface area contributed by atoms with E-state index in [2.05, 4.69) is 4.74 Å². The van der Waals surface area contributed by atoms with E-state index >= 15 is 0 Å². The van der Waals surface area contributed by atoms with E-state index in [1.54, 1.807) is 0 Å². The molecule has 0 N–H and O–H groups in total. The van der Waals surface area contributed by atoms with Crippen LogP contribution in [0.1, 0.15) is 6.92 Å². The van der Waals surface area contributed by atoms with Crippen molar-refractivity contribution in [2.45, 2.75) is 6.92 Å². The highest BCUT2D eigenvalue weighted by Gasteiger charge is 1.77. The summed E-state index contributed by atoms with van der Waals surface area (Å²) in [5.74, 6) is 0.163. The molecule has 38 valence electrons. The van der Waals surface area contributed by atoms with Crippen molar-refractivity contribution in [2.24, 2.45) is 0 Å². The highest BCUT2D eigenvalue weighted by molar-refractivity contribution is 7.94. The zero-order chi connectivity index (χ0) is 4.83. The van der Waals surface area contributed by atoms with E-state index in [0.29, 0.717) is 6.61 Å². The van der Waals surface area contributed by atoms with Gasteiger partial charge in [-0.1, -0.05) is 0 Å². The summed E-state index contributed by atoms with van der Waals surface area (Å²) in [5.41, 5.74) is 0. The van der Waals surface area contributed by atoms with Gasteiger partial charge in [0.2, 0.25) is 0 Å². The van der Waals surface area contributed by atoms with E-state index in [1.807, 2.05) is 6.92 Å². The SMILES string of the molecule is CCOCSF. The number of halogens is 1. The minimum Gasteiger partial charge on any atom is -0.368 e. The van der Waals surface area contributed by atoms with Gasteiger partial charge in [-0.05, 0) is 6.92 Å². The normalized spacial score (nSPS) is 9.00. The van der Waals surface area contributed by atoms with Crippen LogP contribution >= 0.6 is 12.1 Å². The van der Waals surface area contributed by atoms with Crippen LogP contribution in [-0.2, 0) is 4.74 Å². The topological polar surface area (TPSA) is 9.23 Å². The van der Waals surface area contributed by atoms with Crippen LogP contribution in [0.4, 0.5) is 3.89 Å².